The summed E-state index contributed by atoms with van der Waals surface area (Å²) >= 11 is 0. The second kappa shape index (κ2) is 8.99. The fraction of sp³-hybridized carbons (Fsp3) is 0.194. The average Bonchev–Trinajstić information content (AvgIpc) is 3.30. The third kappa shape index (κ3) is 4.01. The molecule has 0 saturated heterocycles. The van der Waals surface area contributed by atoms with Crippen LogP contribution in [-0.2, 0) is 12.5 Å². The average molecular weight is 500 g/mol. The predicted molar refractivity (Wildman–Crippen MR) is 159 cm³/mol. The number of nitrogens with zero attached hydrogens (tertiary/aromatic N) is 1. The Labute approximate surface area is 229 Å². The van der Waals surface area contributed by atoms with Crippen LogP contribution in [-0.4, -0.2) is 0 Å². The molecule has 0 N–H and O–H groups in total. The van der Waals surface area contributed by atoms with E-state index in [4.69, 9.17) is 8.53 Å². The normalized spacial score (nSPS) is 13.4. The standard InChI is InChI=1S/C36H34NO/c1-23-12-10-11-15-27(23)30-21-32(37(6)22-31(30)36(3,4)5)34-24(2)16-18-29-28-19-17-26(20-33(28)38-35(29)34)25-13-8-7-9-14-25/h7-22H,1-6H3/q+1/i1D3. The Kier molecular flexibility index (Phi) is 4.93. The number of rotatable bonds is 3. The third-order valence-corrected chi connectivity index (χ3v) is 7.51. The minimum absolute atomic E-state index is 0.207. The van der Waals surface area contributed by atoms with Crippen LogP contribution in [0.2, 0.25) is 0 Å². The highest BCUT2D eigenvalue weighted by Gasteiger charge is 2.28. The Bertz CT molecular complexity index is 1930. The maximum Gasteiger partial charge on any atom is 0.216 e. The van der Waals surface area contributed by atoms with Crippen molar-refractivity contribution in [2.75, 3.05) is 0 Å². The summed E-state index contributed by atoms with van der Waals surface area (Å²) in [6.07, 6.45) is 2.15. The van der Waals surface area contributed by atoms with Gasteiger partial charge in [-0.3, -0.25) is 0 Å². The van der Waals surface area contributed by atoms with Crippen molar-refractivity contribution in [2.24, 2.45) is 7.05 Å². The fourth-order valence-corrected chi connectivity index (χ4v) is 5.50. The second-order valence-electron chi connectivity index (χ2n) is 11.2. The molecule has 0 saturated carbocycles. The number of pyridine rings is 1. The SMILES string of the molecule is [2H]C([2H])([2H])c1ccccc1-c1cc(-c2c(C)ccc3c2oc2cc(-c4ccccc4)ccc23)[n+](C)cc1C(C)(C)C. The first-order valence-electron chi connectivity index (χ1n) is 14.6. The van der Waals surface area contributed by atoms with Gasteiger partial charge in [-0.25, -0.2) is 4.57 Å². The van der Waals surface area contributed by atoms with E-state index >= 15 is 0 Å². The number of fused-ring (bicyclic) bond motifs is 3. The van der Waals surface area contributed by atoms with Crippen LogP contribution in [0.5, 0.6) is 0 Å². The van der Waals surface area contributed by atoms with E-state index in [9.17, 15) is 0 Å². The Morgan fingerprint density at radius 2 is 1.47 bits per heavy atom. The van der Waals surface area contributed by atoms with E-state index < -0.39 is 6.85 Å². The van der Waals surface area contributed by atoms with Gasteiger partial charge in [-0.15, -0.1) is 0 Å². The van der Waals surface area contributed by atoms with Gasteiger partial charge in [0.25, 0.3) is 0 Å². The highest BCUT2D eigenvalue weighted by atomic mass is 16.3. The minimum Gasteiger partial charge on any atom is -0.455 e. The highest BCUT2D eigenvalue weighted by Crippen LogP contribution is 2.41. The zero-order valence-electron chi connectivity index (χ0n) is 25.6. The van der Waals surface area contributed by atoms with E-state index in [2.05, 4.69) is 94.0 Å². The molecule has 0 aliphatic heterocycles. The van der Waals surface area contributed by atoms with Crippen LogP contribution in [0.4, 0.5) is 0 Å². The molecule has 2 nitrogen and oxygen atoms in total. The molecule has 188 valence electrons. The molecule has 6 aromatic rings. The summed E-state index contributed by atoms with van der Waals surface area (Å²) in [4.78, 5) is 0. The van der Waals surface area contributed by atoms with Gasteiger partial charge >= 0.3 is 0 Å². The lowest BCUT2D eigenvalue weighted by Gasteiger charge is -2.23. The van der Waals surface area contributed by atoms with Gasteiger partial charge in [0.15, 0.2) is 6.20 Å². The summed E-state index contributed by atoms with van der Waals surface area (Å²) in [5.74, 6) is 0. The lowest BCUT2D eigenvalue weighted by molar-refractivity contribution is -0.660. The molecule has 0 fully saturated rings. The summed E-state index contributed by atoms with van der Waals surface area (Å²) in [5, 5.41) is 2.13. The summed E-state index contributed by atoms with van der Waals surface area (Å²) < 4.78 is 33.5. The van der Waals surface area contributed by atoms with Crippen molar-refractivity contribution < 1.29 is 13.1 Å². The molecule has 4 aromatic carbocycles. The van der Waals surface area contributed by atoms with Gasteiger partial charge in [0.05, 0.1) is 5.56 Å². The van der Waals surface area contributed by atoms with Crippen LogP contribution in [0.15, 0.2) is 102 Å². The van der Waals surface area contributed by atoms with E-state index in [1.165, 1.54) is 0 Å². The van der Waals surface area contributed by atoms with E-state index in [1.807, 2.05) is 30.3 Å². The summed E-state index contributed by atoms with van der Waals surface area (Å²) in [6, 6.07) is 30.5. The Morgan fingerprint density at radius 3 is 2.24 bits per heavy atom. The van der Waals surface area contributed by atoms with Gasteiger partial charge in [-0.2, -0.15) is 0 Å². The van der Waals surface area contributed by atoms with Crippen molar-refractivity contribution in [1.82, 2.24) is 0 Å². The smallest absolute Gasteiger partial charge is 0.216 e. The minimum atomic E-state index is -2.23. The van der Waals surface area contributed by atoms with Crippen LogP contribution in [0.1, 0.15) is 41.6 Å². The molecule has 2 aromatic heterocycles. The quantitative estimate of drug-likeness (QED) is 0.222. The van der Waals surface area contributed by atoms with Crippen molar-refractivity contribution in [3.05, 3.63) is 114 Å². The van der Waals surface area contributed by atoms with Gasteiger partial charge in [-0.05, 0) is 64.7 Å². The molecule has 0 aliphatic rings. The lowest BCUT2D eigenvalue weighted by atomic mass is 9.81. The van der Waals surface area contributed by atoms with Crippen molar-refractivity contribution in [3.8, 4) is 33.5 Å². The molecule has 38 heavy (non-hydrogen) atoms. The zero-order chi connectivity index (χ0) is 29.1. The summed E-state index contributed by atoms with van der Waals surface area (Å²) in [7, 11) is 2.05. The predicted octanol–water partition coefficient (Wildman–Crippen LogP) is 9.33. The van der Waals surface area contributed by atoms with Crippen molar-refractivity contribution >= 4 is 21.9 Å². The Balaban J connectivity index is 1.63. The molecule has 0 atom stereocenters. The van der Waals surface area contributed by atoms with Crippen LogP contribution in [0.25, 0.3) is 55.4 Å². The third-order valence-electron chi connectivity index (χ3n) is 7.51. The molecular weight excluding hydrogens is 462 g/mol. The molecule has 0 aliphatic carbocycles. The molecule has 2 heterocycles. The van der Waals surface area contributed by atoms with Crippen molar-refractivity contribution in [3.63, 3.8) is 0 Å². The van der Waals surface area contributed by atoms with E-state index in [0.717, 1.165) is 66.6 Å². The molecule has 0 spiro atoms. The van der Waals surface area contributed by atoms with E-state index in [0.29, 0.717) is 5.56 Å². The first kappa shape index (κ1) is 20.8. The number of benzene rings is 4. The van der Waals surface area contributed by atoms with Gasteiger partial charge < -0.3 is 4.42 Å². The van der Waals surface area contributed by atoms with Crippen molar-refractivity contribution in [1.29, 1.82) is 0 Å². The Morgan fingerprint density at radius 1 is 0.737 bits per heavy atom. The van der Waals surface area contributed by atoms with Crippen LogP contribution < -0.4 is 4.57 Å². The number of hydrogen-bond acceptors (Lipinski definition) is 1. The maximum atomic E-state index is 8.25. The summed E-state index contributed by atoms with van der Waals surface area (Å²) in [5.41, 5.74) is 9.91. The molecular formula is C36H34NO+. The largest absolute Gasteiger partial charge is 0.455 e. The zero-order valence-corrected chi connectivity index (χ0v) is 22.6. The van der Waals surface area contributed by atoms with Gasteiger partial charge in [0, 0.05) is 26.5 Å². The van der Waals surface area contributed by atoms with Crippen LogP contribution in [0.3, 0.4) is 0 Å². The number of hydrogen-bond donors (Lipinski definition) is 0. The molecule has 0 radical (unpaired) electrons. The van der Waals surface area contributed by atoms with Crippen LogP contribution >= 0.6 is 0 Å². The molecule has 0 amide bonds. The molecule has 0 unspecified atom stereocenters. The fourth-order valence-electron chi connectivity index (χ4n) is 5.50. The van der Waals surface area contributed by atoms with Gasteiger partial charge in [-0.1, -0.05) is 93.6 Å². The monoisotopic (exact) mass is 499 g/mol. The van der Waals surface area contributed by atoms with Gasteiger partial charge in [0.1, 0.15) is 18.2 Å². The first-order valence-corrected chi connectivity index (χ1v) is 13.1. The van der Waals surface area contributed by atoms with Gasteiger partial charge in [0.2, 0.25) is 5.69 Å². The maximum absolute atomic E-state index is 8.25. The number of furan rings is 1. The Hall–Kier alpha value is -4.17. The molecule has 2 heteroatoms. The number of aromatic nitrogens is 1. The molecule has 6 rings (SSSR count). The summed E-state index contributed by atoms with van der Waals surface area (Å²) in [6.45, 7) is 6.37. The molecule has 0 bridgehead atoms. The number of aryl methyl sites for hydroxylation is 3. The van der Waals surface area contributed by atoms with Crippen molar-refractivity contribution in [2.45, 2.75) is 40.0 Å². The van der Waals surface area contributed by atoms with E-state index in [-0.39, 0.29) is 5.41 Å². The topological polar surface area (TPSA) is 17.0 Å². The lowest BCUT2D eigenvalue weighted by Crippen LogP contribution is -2.34. The van der Waals surface area contributed by atoms with Crippen LogP contribution in [0, 0.1) is 13.8 Å². The first-order chi connectivity index (χ1) is 19.4. The van der Waals surface area contributed by atoms with E-state index in [1.54, 1.807) is 12.1 Å². The highest BCUT2D eigenvalue weighted by molar-refractivity contribution is 6.10. The second-order valence-corrected chi connectivity index (χ2v) is 11.2.